The van der Waals surface area contributed by atoms with Crippen molar-refractivity contribution in [2.24, 2.45) is 5.92 Å². The Bertz CT molecular complexity index is 583. The highest BCUT2D eigenvalue weighted by atomic mass is 35.5. The molecule has 0 aliphatic carbocycles. The number of nitrogens with one attached hydrogen (secondary N) is 1. The molecule has 1 aliphatic rings. The molecule has 0 amide bonds. The van der Waals surface area contributed by atoms with E-state index in [1.165, 1.54) is 0 Å². The second-order valence-corrected chi connectivity index (χ2v) is 5.88. The van der Waals surface area contributed by atoms with Crippen molar-refractivity contribution in [2.45, 2.75) is 12.5 Å². The average molecular weight is 324 g/mol. The van der Waals surface area contributed by atoms with Gasteiger partial charge in [-0.3, -0.25) is 0 Å². The maximum atomic E-state index is 6.11. The zero-order chi connectivity index (χ0) is 14.7. The third-order valence-electron chi connectivity index (χ3n) is 3.47. The molecule has 0 spiro atoms. The second kappa shape index (κ2) is 6.60. The number of halogens is 2. The van der Waals surface area contributed by atoms with Gasteiger partial charge in [0.25, 0.3) is 0 Å². The van der Waals surface area contributed by atoms with Gasteiger partial charge in [-0.2, -0.15) is 0 Å². The van der Waals surface area contributed by atoms with Crippen LogP contribution in [0, 0.1) is 5.92 Å². The summed E-state index contributed by atoms with van der Waals surface area (Å²) in [5, 5.41) is 4.44. The molecule has 0 bridgehead atoms. The van der Waals surface area contributed by atoms with Crippen LogP contribution in [0.2, 0.25) is 10.0 Å². The normalized spacial score (nSPS) is 19.4. The fourth-order valence-electron chi connectivity index (χ4n) is 2.50. The molecule has 1 N–H and O–H groups in total. The molecule has 2 heterocycles. The largest absolute Gasteiger partial charge is 0.482 e. The van der Waals surface area contributed by atoms with Crippen LogP contribution in [0.5, 0.6) is 5.75 Å². The molecular weight excluding hydrogens is 309 g/mol. The summed E-state index contributed by atoms with van der Waals surface area (Å²) >= 11 is 12.1. The summed E-state index contributed by atoms with van der Waals surface area (Å²) in [5.41, 5.74) is 0. The van der Waals surface area contributed by atoms with Crippen molar-refractivity contribution >= 4 is 23.2 Å². The van der Waals surface area contributed by atoms with Crippen LogP contribution < -0.4 is 10.1 Å². The quantitative estimate of drug-likeness (QED) is 0.935. The monoisotopic (exact) mass is 323 g/mol. The predicted molar refractivity (Wildman–Crippen MR) is 82.8 cm³/mol. The van der Waals surface area contributed by atoms with Gasteiger partial charge in [-0.05, 0) is 37.2 Å². The first-order valence-electron chi connectivity index (χ1n) is 6.83. The first-order valence-corrected chi connectivity index (χ1v) is 7.58. The van der Waals surface area contributed by atoms with Gasteiger partial charge in [0.2, 0.25) is 0 Å². The highest BCUT2D eigenvalue weighted by molar-refractivity contribution is 6.34. The molecule has 0 saturated carbocycles. The molecule has 0 radical (unpaired) electrons. The van der Waals surface area contributed by atoms with Crippen molar-refractivity contribution in [3.05, 3.63) is 52.5 Å². The zero-order valence-corrected chi connectivity index (χ0v) is 12.8. The standard InChI is InChI=1S/C15H15Cl2N3O/c16-11-6-12(17)8-13(7-11)21-14(10-2-5-18-9-10)15-19-3-1-4-20-15/h1,3-4,6-8,10,14,18H,2,5,9H2/t10-,14+/m1/s1. The van der Waals surface area contributed by atoms with Crippen molar-refractivity contribution in [1.29, 1.82) is 0 Å². The van der Waals surface area contributed by atoms with Gasteiger partial charge in [0.15, 0.2) is 11.9 Å². The maximum Gasteiger partial charge on any atom is 0.169 e. The van der Waals surface area contributed by atoms with Crippen LogP contribution in [0.25, 0.3) is 0 Å². The van der Waals surface area contributed by atoms with E-state index in [-0.39, 0.29) is 6.10 Å². The summed E-state index contributed by atoms with van der Waals surface area (Å²) < 4.78 is 6.11. The summed E-state index contributed by atoms with van der Waals surface area (Å²) in [6.07, 6.45) is 4.27. The van der Waals surface area contributed by atoms with Crippen molar-refractivity contribution in [3.63, 3.8) is 0 Å². The molecule has 1 aromatic heterocycles. The van der Waals surface area contributed by atoms with Crippen LogP contribution in [-0.2, 0) is 0 Å². The molecule has 6 heteroatoms. The van der Waals surface area contributed by atoms with Crippen LogP contribution >= 0.6 is 23.2 Å². The van der Waals surface area contributed by atoms with Gasteiger partial charge in [-0.25, -0.2) is 9.97 Å². The summed E-state index contributed by atoms with van der Waals surface area (Å²) in [4.78, 5) is 8.67. The lowest BCUT2D eigenvalue weighted by Gasteiger charge is -2.23. The molecule has 4 nitrogen and oxygen atoms in total. The Morgan fingerprint density at radius 1 is 1.14 bits per heavy atom. The Labute approximate surface area is 133 Å². The molecular formula is C15H15Cl2N3O. The fraction of sp³-hybridized carbons (Fsp3) is 0.333. The van der Waals surface area contributed by atoms with Gasteiger partial charge in [0.1, 0.15) is 5.75 Å². The number of benzene rings is 1. The number of aromatic nitrogens is 2. The highest BCUT2D eigenvalue weighted by Crippen LogP contribution is 2.32. The molecule has 1 aromatic carbocycles. The second-order valence-electron chi connectivity index (χ2n) is 5.00. The van der Waals surface area contributed by atoms with E-state index in [2.05, 4.69) is 15.3 Å². The number of nitrogens with zero attached hydrogens (tertiary/aromatic N) is 2. The lowest BCUT2D eigenvalue weighted by atomic mass is 10.0. The van der Waals surface area contributed by atoms with Crippen molar-refractivity contribution in [1.82, 2.24) is 15.3 Å². The van der Waals surface area contributed by atoms with E-state index in [0.717, 1.165) is 19.5 Å². The fourth-order valence-corrected chi connectivity index (χ4v) is 3.00. The van der Waals surface area contributed by atoms with Gasteiger partial charge < -0.3 is 10.1 Å². The average Bonchev–Trinajstić information content (AvgIpc) is 2.98. The molecule has 1 saturated heterocycles. The minimum atomic E-state index is -0.212. The summed E-state index contributed by atoms with van der Waals surface area (Å²) in [5.74, 6) is 1.64. The molecule has 2 aromatic rings. The summed E-state index contributed by atoms with van der Waals surface area (Å²) in [6, 6.07) is 6.99. The zero-order valence-electron chi connectivity index (χ0n) is 11.3. The molecule has 1 fully saturated rings. The van der Waals surface area contributed by atoms with E-state index in [4.69, 9.17) is 27.9 Å². The first kappa shape index (κ1) is 14.6. The van der Waals surface area contributed by atoms with E-state index in [1.807, 2.05) is 0 Å². The summed E-state index contributed by atoms with van der Waals surface area (Å²) in [7, 11) is 0. The Balaban J connectivity index is 1.88. The van der Waals surface area contributed by atoms with Crippen LogP contribution in [-0.4, -0.2) is 23.1 Å². The smallest absolute Gasteiger partial charge is 0.169 e. The van der Waals surface area contributed by atoms with E-state index in [9.17, 15) is 0 Å². The topological polar surface area (TPSA) is 47.0 Å². The molecule has 3 rings (SSSR count). The molecule has 21 heavy (non-hydrogen) atoms. The predicted octanol–water partition coefficient (Wildman–Crippen LogP) is 3.51. The van der Waals surface area contributed by atoms with Gasteiger partial charge >= 0.3 is 0 Å². The van der Waals surface area contributed by atoms with E-state index in [1.54, 1.807) is 36.7 Å². The lowest BCUT2D eigenvalue weighted by molar-refractivity contribution is 0.135. The molecule has 1 aliphatic heterocycles. The van der Waals surface area contributed by atoms with Crippen LogP contribution in [0.3, 0.4) is 0 Å². The van der Waals surface area contributed by atoms with Crippen molar-refractivity contribution < 1.29 is 4.74 Å². The number of ether oxygens (including phenoxy) is 1. The number of hydrogen-bond donors (Lipinski definition) is 1. The Kier molecular flexibility index (Phi) is 4.58. The Morgan fingerprint density at radius 3 is 2.48 bits per heavy atom. The molecule has 2 atom stereocenters. The first-order chi connectivity index (χ1) is 10.2. The van der Waals surface area contributed by atoms with Crippen molar-refractivity contribution in [2.75, 3.05) is 13.1 Å². The van der Waals surface area contributed by atoms with E-state index < -0.39 is 0 Å². The van der Waals surface area contributed by atoms with Gasteiger partial charge in [-0.1, -0.05) is 23.2 Å². The van der Waals surface area contributed by atoms with Crippen LogP contribution in [0.15, 0.2) is 36.7 Å². The minimum absolute atomic E-state index is 0.212. The number of hydrogen-bond acceptors (Lipinski definition) is 4. The third kappa shape index (κ3) is 3.64. The van der Waals surface area contributed by atoms with Crippen molar-refractivity contribution in [3.8, 4) is 5.75 Å². The van der Waals surface area contributed by atoms with Crippen LogP contribution in [0.4, 0.5) is 0 Å². The Hall–Kier alpha value is -1.36. The lowest BCUT2D eigenvalue weighted by Crippen LogP contribution is -2.23. The SMILES string of the molecule is Clc1cc(Cl)cc(O[C@H](c2ncccn2)[C@@H]2CCNC2)c1. The molecule has 110 valence electrons. The van der Waals surface area contributed by atoms with E-state index >= 15 is 0 Å². The van der Waals surface area contributed by atoms with E-state index in [0.29, 0.717) is 27.5 Å². The van der Waals surface area contributed by atoms with Gasteiger partial charge in [0.05, 0.1) is 0 Å². The van der Waals surface area contributed by atoms with Gasteiger partial charge in [-0.15, -0.1) is 0 Å². The van der Waals surface area contributed by atoms with Crippen LogP contribution in [0.1, 0.15) is 18.3 Å². The minimum Gasteiger partial charge on any atom is -0.482 e. The van der Waals surface area contributed by atoms with Gasteiger partial charge in [0, 0.05) is 34.9 Å². The Morgan fingerprint density at radius 2 is 1.86 bits per heavy atom. The highest BCUT2D eigenvalue weighted by Gasteiger charge is 2.30. The summed E-state index contributed by atoms with van der Waals surface area (Å²) in [6.45, 7) is 1.87. The number of rotatable bonds is 4. The molecule has 0 unspecified atom stereocenters. The maximum absolute atomic E-state index is 6.11. The third-order valence-corrected chi connectivity index (χ3v) is 3.90.